The average molecular weight is 999 g/mol. The molecule has 0 aliphatic heterocycles. The number of fused-ring (bicyclic) bond motifs is 12. The van der Waals surface area contributed by atoms with E-state index >= 15 is 0 Å². The van der Waals surface area contributed by atoms with Gasteiger partial charge in [0.15, 0.2) is 0 Å². The Morgan fingerprint density at radius 2 is 0.560 bits per heavy atom. The first-order chi connectivity index (χ1) is 36.9. The normalized spacial score (nSPS) is 9.33. The maximum atomic E-state index is 2.26. The van der Waals surface area contributed by atoms with E-state index in [4.69, 9.17) is 0 Å². The summed E-state index contributed by atoms with van der Waals surface area (Å²) in [4.78, 5) is 0. The lowest BCUT2D eigenvalue weighted by Crippen LogP contribution is -1.84. The quantitative estimate of drug-likeness (QED) is 0.133. The second kappa shape index (κ2) is 37.5. The molecule has 0 bridgehead atoms. The number of aryl methyl sites for hydroxylation is 4. The molecule has 75 heavy (non-hydrogen) atoms. The predicted octanol–water partition coefficient (Wildman–Crippen LogP) is 24.4. The third kappa shape index (κ3) is 17.2. The van der Waals surface area contributed by atoms with Crippen LogP contribution in [-0.2, 0) is 7.05 Å². The average Bonchev–Trinajstić information content (AvgIpc) is 3.80. The first-order valence-corrected chi connectivity index (χ1v) is 28.5. The second-order valence-electron chi connectivity index (χ2n) is 15.5. The number of hydrogen-bond acceptors (Lipinski definition) is 0. The fourth-order valence-corrected chi connectivity index (χ4v) is 8.74. The lowest BCUT2D eigenvalue weighted by molar-refractivity contribution is 1.01. The summed E-state index contributed by atoms with van der Waals surface area (Å²) in [5.74, 6) is 0. The minimum atomic E-state index is 1.30. The van der Waals surface area contributed by atoms with Gasteiger partial charge >= 0.3 is 0 Å². The molecule has 0 aliphatic rings. The summed E-state index contributed by atoms with van der Waals surface area (Å²) in [6.07, 6.45) is 0. The van der Waals surface area contributed by atoms with Crippen LogP contribution in [0.1, 0.15) is 127 Å². The lowest BCUT2D eigenvalue weighted by Gasteiger charge is -2.06. The zero-order valence-corrected chi connectivity index (χ0v) is 50.2. The first-order valence-electron chi connectivity index (χ1n) is 28.5. The van der Waals surface area contributed by atoms with Crippen molar-refractivity contribution in [2.75, 3.05) is 0 Å². The molecule has 0 saturated heterocycles. The molecule has 1 aromatic heterocycles. The largest absolute Gasteiger partial charge is 0.344 e. The Kier molecular flexibility index (Phi) is 32.9. The molecular formula is C74H95N. The third-order valence-corrected chi connectivity index (χ3v) is 11.7. The van der Waals surface area contributed by atoms with Crippen molar-refractivity contribution in [3.05, 3.63) is 229 Å². The Morgan fingerprint density at radius 3 is 1.08 bits per heavy atom. The SMILES string of the molecule is CC.CC.CC.CC.CC.CC.CC.CC.Cc1cc2ccccc2c2ccccc12.Cc1ccc2c(ccc3ccccc32)c1.Cc1cccc2ccc3ccccc3c12.Cn1c2ccccc2c2ccccc21. The van der Waals surface area contributed by atoms with Crippen molar-refractivity contribution < 1.29 is 0 Å². The number of aromatic nitrogens is 1. The molecule has 12 rings (SSSR count). The first kappa shape index (κ1) is 65.8. The molecule has 0 amide bonds. The summed E-state index contributed by atoms with van der Waals surface area (Å²) < 4.78 is 2.24. The van der Waals surface area contributed by atoms with Crippen molar-refractivity contribution in [2.45, 2.75) is 132 Å². The maximum absolute atomic E-state index is 2.26. The molecule has 0 aliphatic carbocycles. The van der Waals surface area contributed by atoms with Gasteiger partial charge in [-0.2, -0.15) is 0 Å². The van der Waals surface area contributed by atoms with Crippen LogP contribution in [0, 0.1) is 20.8 Å². The number of benzene rings is 11. The van der Waals surface area contributed by atoms with Crippen molar-refractivity contribution in [1.82, 2.24) is 4.57 Å². The van der Waals surface area contributed by atoms with Crippen molar-refractivity contribution in [3.63, 3.8) is 0 Å². The fraction of sp³-hybridized carbons (Fsp3) is 0.270. The van der Waals surface area contributed by atoms with Crippen LogP contribution >= 0.6 is 0 Å². The van der Waals surface area contributed by atoms with Gasteiger partial charge < -0.3 is 4.57 Å². The topological polar surface area (TPSA) is 4.93 Å². The summed E-state index contributed by atoms with van der Waals surface area (Å²) in [6, 6.07) is 75.4. The molecule has 0 spiro atoms. The lowest BCUT2D eigenvalue weighted by atomic mass is 9.98. The molecule has 0 N–H and O–H groups in total. The van der Waals surface area contributed by atoms with Gasteiger partial charge in [-0.3, -0.25) is 0 Å². The van der Waals surface area contributed by atoms with E-state index in [9.17, 15) is 0 Å². The Bertz CT molecular complexity index is 3370. The van der Waals surface area contributed by atoms with Crippen molar-refractivity contribution in [3.8, 4) is 0 Å². The van der Waals surface area contributed by atoms with E-state index in [0.29, 0.717) is 0 Å². The standard InChI is InChI=1S/3C15H12.C13H11N.8C2H6/c1-11-5-4-7-13-10-9-12-6-2-3-8-14(12)15(11)13;1-11-10-12-6-2-3-8-14(12)15-9-5-4-7-13(11)15;1-11-6-9-15-13(10-11)8-7-12-4-2-3-5-14(12)15;1-14-12-8-4-2-6-10(12)11-7-3-5-9-13(11)14;8*1-2/h3*2-10H,1H3;2-9H,1H3;8*1-2H3. The van der Waals surface area contributed by atoms with Gasteiger partial charge in [0.1, 0.15) is 0 Å². The second-order valence-corrected chi connectivity index (χ2v) is 15.5. The van der Waals surface area contributed by atoms with Gasteiger partial charge in [0.25, 0.3) is 0 Å². The molecule has 1 heterocycles. The zero-order chi connectivity index (χ0) is 56.3. The molecule has 11 aromatic carbocycles. The molecule has 0 atom stereocenters. The van der Waals surface area contributed by atoms with Crippen molar-refractivity contribution >= 4 is 86.4 Å². The summed E-state index contributed by atoms with van der Waals surface area (Å²) in [5.41, 5.74) is 6.62. The minimum Gasteiger partial charge on any atom is -0.344 e. The smallest absolute Gasteiger partial charge is 0.0488 e. The van der Waals surface area contributed by atoms with Crippen molar-refractivity contribution in [2.24, 2.45) is 7.05 Å². The third-order valence-electron chi connectivity index (χ3n) is 11.7. The van der Waals surface area contributed by atoms with E-state index in [2.05, 4.69) is 245 Å². The van der Waals surface area contributed by atoms with Crippen molar-refractivity contribution in [1.29, 1.82) is 0 Å². The van der Waals surface area contributed by atoms with Gasteiger partial charge in [0, 0.05) is 28.9 Å². The van der Waals surface area contributed by atoms with Crippen LogP contribution in [0.15, 0.2) is 212 Å². The predicted molar refractivity (Wildman–Crippen MR) is 350 cm³/mol. The van der Waals surface area contributed by atoms with Gasteiger partial charge in [-0.05, 0) is 109 Å². The van der Waals surface area contributed by atoms with Crippen LogP contribution in [0.3, 0.4) is 0 Å². The van der Waals surface area contributed by atoms with Crippen LogP contribution in [-0.4, -0.2) is 4.57 Å². The highest BCUT2D eigenvalue weighted by atomic mass is 14.9. The Morgan fingerprint density at radius 1 is 0.227 bits per heavy atom. The highest BCUT2D eigenvalue weighted by Gasteiger charge is 2.06. The van der Waals surface area contributed by atoms with Gasteiger partial charge in [-0.1, -0.05) is 317 Å². The summed E-state index contributed by atoms with van der Waals surface area (Å²) in [6.45, 7) is 38.5. The molecule has 1 heteroatoms. The Balaban J connectivity index is 0.000000458. The van der Waals surface area contributed by atoms with E-state index in [0.717, 1.165) is 0 Å². The van der Waals surface area contributed by atoms with Gasteiger partial charge in [0.2, 0.25) is 0 Å². The summed E-state index contributed by atoms with van der Waals surface area (Å²) in [5, 5.41) is 18.8. The highest BCUT2D eigenvalue weighted by Crippen LogP contribution is 2.30. The highest BCUT2D eigenvalue weighted by molar-refractivity contribution is 6.11. The summed E-state index contributed by atoms with van der Waals surface area (Å²) >= 11 is 0. The van der Waals surface area contributed by atoms with E-state index in [1.165, 1.54) is 103 Å². The van der Waals surface area contributed by atoms with E-state index in [-0.39, 0.29) is 0 Å². The number of nitrogens with zero attached hydrogens (tertiary/aromatic N) is 1. The Hall–Kier alpha value is -7.22. The van der Waals surface area contributed by atoms with E-state index in [1.54, 1.807) is 0 Å². The molecule has 396 valence electrons. The molecule has 0 saturated carbocycles. The summed E-state index contributed by atoms with van der Waals surface area (Å²) in [7, 11) is 2.12. The molecular weight excluding hydrogens is 903 g/mol. The van der Waals surface area contributed by atoms with Crippen LogP contribution in [0.25, 0.3) is 86.4 Å². The fourth-order valence-electron chi connectivity index (χ4n) is 8.74. The van der Waals surface area contributed by atoms with E-state index < -0.39 is 0 Å². The molecule has 0 unspecified atom stereocenters. The molecule has 0 radical (unpaired) electrons. The maximum Gasteiger partial charge on any atom is 0.0488 e. The number of hydrogen-bond donors (Lipinski definition) is 0. The van der Waals surface area contributed by atoms with Crippen LogP contribution < -0.4 is 0 Å². The van der Waals surface area contributed by atoms with Gasteiger partial charge in [0.05, 0.1) is 0 Å². The van der Waals surface area contributed by atoms with Crippen LogP contribution in [0.2, 0.25) is 0 Å². The monoisotopic (exact) mass is 998 g/mol. The molecule has 12 aromatic rings. The van der Waals surface area contributed by atoms with Gasteiger partial charge in [-0.25, -0.2) is 0 Å². The van der Waals surface area contributed by atoms with E-state index in [1.807, 2.05) is 111 Å². The Labute approximate surface area is 456 Å². The molecule has 1 nitrogen and oxygen atoms in total. The number of para-hydroxylation sites is 2. The van der Waals surface area contributed by atoms with Crippen LogP contribution in [0.4, 0.5) is 0 Å². The van der Waals surface area contributed by atoms with Gasteiger partial charge in [-0.15, -0.1) is 0 Å². The number of rotatable bonds is 0. The van der Waals surface area contributed by atoms with Crippen LogP contribution in [0.5, 0.6) is 0 Å². The molecule has 0 fully saturated rings. The minimum absolute atomic E-state index is 1.30. The zero-order valence-electron chi connectivity index (χ0n) is 50.2.